The number of hydrogen-bond acceptors (Lipinski definition) is 2. The molecule has 1 saturated heterocycles. The number of carbonyl (C=O) groups excluding carboxylic acids is 1. The summed E-state index contributed by atoms with van der Waals surface area (Å²) in [5.74, 6) is -1.58. The summed E-state index contributed by atoms with van der Waals surface area (Å²) >= 11 is 0. The highest BCUT2D eigenvalue weighted by Gasteiger charge is 2.22. The van der Waals surface area contributed by atoms with Gasteiger partial charge in [0.05, 0.1) is 0 Å². The van der Waals surface area contributed by atoms with Gasteiger partial charge in [-0.2, -0.15) is 0 Å². The van der Waals surface area contributed by atoms with Crippen molar-refractivity contribution in [3.8, 4) is 0 Å². The third-order valence-corrected chi connectivity index (χ3v) is 2.77. The lowest BCUT2D eigenvalue weighted by Crippen LogP contribution is -2.38. The Morgan fingerprint density at radius 1 is 1.35 bits per heavy atom. The highest BCUT2D eigenvalue weighted by Crippen LogP contribution is 2.19. The minimum absolute atomic E-state index is 0.0402. The van der Waals surface area contributed by atoms with E-state index in [1.54, 1.807) is 36.5 Å². The number of hydrogen-bond donors (Lipinski definition) is 1. The summed E-state index contributed by atoms with van der Waals surface area (Å²) in [5, 5.41) is 9.14. The van der Waals surface area contributed by atoms with Gasteiger partial charge in [-0.3, -0.25) is 9.59 Å². The number of carbonyl (C=O) groups is 2. The van der Waals surface area contributed by atoms with E-state index in [2.05, 4.69) is 0 Å². The molecule has 88 valence electrons. The van der Waals surface area contributed by atoms with Crippen molar-refractivity contribution in [2.45, 2.75) is 12.3 Å². The van der Waals surface area contributed by atoms with Crippen LogP contribution in [0.1, 0.15) is 17.9 Å². The van der Waals surface area contributed by atoms with Gasteiger partial charge in [0.15, 0.2) is 0 Å². The Bertz CT molecular complexity index is 453. The van der Waals surface area contributed by atoms with Gasteiger partial charge in [0.1, 0.15) is 5.92 Å². The third kappa shape index (κ3) is 2.53. The number of aliphatic carboxylic acids is 1. The Kier molecular flexibility index (Phi) is 3.23. The van der Waals surface area contributed by atoms with E-state index in [9.17, 15) is 9.59 Å². The first kappa shape index (κ1) is 11.4. The number of rotatable bonds is 4. The molecule has 4 heteroatoms. The molecule has 17 heavy (non-hydrogen) atoms. The maximum absolute atomic E-state index is 11.1. The van der Waals surface area contributed by atoms with Crippen LogP contribution in [0.15, 0.2) is 42.6 Å². The van der Waals surface area contributed by atoms with E-state index in [0.717, 1.165) is 0 Å². The van der Waals surface area contributed by atoms with E-state index >= 15 is 0 Å². The lowest BCUT2D eigenvalue weighted by Gasteiger charge is -2.27. The Balaban J connectivity index is 2.13. The zero-order chi connectivity index (χ0) is 12.3. The molecule has 1 amide bonds. The maximum atomic E-state index is 11.1. The Hall–Kier alpha value is -2.10. The third-order valence-electron chi connectivity index (χ3n) is 2.77. The second-order valence-electron chi connectivity index (χ2n) is 3.91. The average Bonchev–Trinajstić information content (AvgIpc) is 2.33. The van der Waals surface area contributed by atoms with E-state index in [1.165, 1.54) is 4.90 Å². The summed E-state index contributed by atoms with van der Waals surface area (Å²) in [4.78, 5) is 23.7. The van der Waals surface area contributed by atoms with Crippen molar-refractivity contribution in [3.63, 3.8) is 0 Å². The molecule has 0 saturated carbocycles. The molecule has 1 aromatic carbocycles. The standard InChI is InChI=1S/C13H13NO3/c15-12-7-9-14(12)8-6-11(13(16)17)10-4-2-1-3-5-10/h1-6,8,11H,7,9H2,(H,16,17). The molecule has 0 aliphatic carbocycles. The summed E-state index contributed by atoms with van der Waals surface area (Å²) in [6, 6.07) is 8.97. The predicted molar refractivity (Wildman–Crippen MR) is 62.3 cm³/mol. The molecular formula is C13H13NO3. The van der Waals surface area contributed by atoms with Crippen LogP contribution >= 0.6 is 0 Å². The number of β-lactam (4-membered cyclic amide) rings is 1. The van der Waals surface area contributed by atoms with Gasteiger partial charge in [0, 0.05) is 19.2 Å². The number of benzene rings is 1. The monoisotopic (exact) mass is 231 g/mol. The molecule has 0 bridgehead atoms. The maximum Gasteiger partial charge on any atom is 0.314 e. The SMILES string of the molecule is O=C(O)C(C=CN1CCC1=O)c1ccccc1. The predicted octanol–water partition coefficient (Wildman–Crippen LogP) is 1.60. The normalized spacial score (nSPS) is 16.9. The summed E-state index contributed by atoms with van der Waals surface area (Å²) in [5.41, 5.74) is 0.712. The fraction of sp³-hybridized carbons (Fsp3) is 0.231. The topological polar surface area (TPSA) is 57.6 Å². The van der Waals surface area contributed by atoms with E-state index in [-0.39, 0.29) is 5.91 Å². The van der Waals surface area contributed by atoms with Gasteiger partial charge < -0.3 is 10.0 Å². The van der Waals surface area contributed by atoms with Gasteiger partial charge in [-0.1, -0.05) is 30.3 Å². The lowest BCUT2D eigenvalue weighted by molar-refractivity contribution is -0.138. The largest absolute Gasteiger partial charge is 0.481 e. The van der Waals surface area contributed by atoms with E-state index < -0.39 is 11.9 Å². The van der Waals surface area contributed by atoms with Crippen LogP contribution in [0.25, 0.3) is 0 Å². The molecule has 1 heterocycles. The van der Waals surface area contributed by atoms with Crippen LogP contribution in [0.3, 0.4) is 0 Å². The van der Waals surface area contributed by atoms with Gasteiger partial charge in [0.2, 0.25) is 5.91 Å². The van der Waals surface area contributed by atoms with Crippen molar-refractivity contribution in [3.05, 3.63) is 48.2 Å². The average molecular weight is 231 g/mol. The first-order chi connectivity index (χ1) is 8.18. The minimum Gasteiger partial charge on any atom is -0.481 e. The van der Waals surface area contributed by atoms with Crippen LogP contribution in [0.2, 0.25) is 0 Å². The summed E-state index contributed by atoms with van der Waals surface area (Å²) in [6.45, 7) is 0.677. The Morgan fingerprint density at radius 3 is 2.53 bits per heavy atom. The zero-order valence-corrected chi connectivity index (χ0v) is 9.24. The molecule has 2 rings (SSSR count). The Morgan fingerprint density at radius 2 is 2.06 bits per heavy atom. The fourth-order valence-corrected chi connectivity index (χ4v) is 1.68. The van der Waals surface area contributed by atoms with E-state index in [0.29, 0.717) is 18.5 Å². The van der Waals surface area contributed by atoms with Crippen molar-refractivity contribution in [2.24, 2.45) is 0 Å². The second kappa shape index (κ2) is 4.82. The van der Waals surface area contributed by atoms with Crippen LogP contribution in [-0.4, -0.2) is 28.4 Å². The lowest BCUT2D eigenvalue weighted by atomic mass is 9.99. The number of nitrogens with zero attached hydrogens (tertiary/aromatic N) is 1. The molecule has 1 atom stereocenters. The fourth-order valence-electron chi connectivity index (χ4n) is 1.68. The molecule has 0 radical (unpaired) electrons. The second-order valence-corrected chi connectivity index (χ2v) is 3.91. The van der Waals surface area contributed by atoms with Crippen molar-refractivity contribution in [1.82, 2.24) is 4.90 Å². The van der Waals surface area contributed by atoms with Crippen molar-refractivity contribution in [1.29, 1.82) is 0 Å². The van der Waals surface area contributed by atoms with Gasteiger partial charge >= 0.3 is 5.97 Å². The molecular weight excluding hydrogens is 218 g/mol. The summed E-state index contributed by atoms with van der Waals surface area (Å²) < 4.78 is 0. The number of amides is 1. The summed E-state index contributed by atoms with van der Waals surface area (Å²) in [6.07, 6.45) is 3.67. The highest BCUT2D eigenvalue weighted by atomic mass is 16.4. The van der Waals surface area contributed by atoms with Gasteiger partial charge in [-0.15, -0.1) is 0 Å². The molecule has 4 nitrogen and oxygen atoms in total. The van der Waals surface area contributed by atoms with Crippen molar-refractivity contribution >= 4 is 11.9 Å². The van der Waals surface area contributed by atoms with E-state index in [1.807, 2.05) is 6.07 Å². The molecule has 1 aliphatic heterocycles. The molecule has 1 fully saturated rings. The molecule has 0 aromatic heterocycles. The quantitative estimate of drug-likeness (QED) is 0.801. The summed E-state index contributed by atoms with van der Waals surface area (Å²) in [7, 11) is 0. The van der Waals surface area contributed by atoms with Crippen LogP contribution in [-0.2, 0) is 9.59 Å². The molecule has 1 unspecified atom stereocenters. The van der Waals surface area contributed by atoms with Crippen LogP contribution in [0.4, 0.5) is 0 Å². The molecule has 0 spiro atoms. The number of carboxylic acid groups (broad SMARTS) is 1. The number of carboxylic acids is 1. The number of likely N-dealkylation sites (tertiary alicyclic amines) is 1. The first-order valence-corrected chi connectivity index (χ1v) is 5.44. The van der Waals surface area contributed by atoms with Crippen molar-refractivity contribution in [2.75, 3.05) is 6.54 Å². The molecule has 1 aromatic rings. The van der Waals surface area contributed by atoms with Gasteiger partial charge in [-0.25, -0.2) is 0 Å². The smallest absolute Gasteiger partial charge is 0.314 e. The first-order valence-electron chi connectivity index (χ1n) is 5.44. The van der Waals surface area contributed by atoms with Crippen LogP contribution in [0.5, 0.6) is 0 Å². The van der Waals surface area contributed by atoms with Crippen LogP contribution in [0, 0.1) is 0 Å². The minimum atomic E-state index is -0.916. The van der Waals surface area contributed by atoms with E-state index in [4.69, 9.17) is 5.11 Å². The highest BCUT2D eigenvalue weighted by molar-refractivity contribution is 5.83. The molecule has 1 N–H and O–H groups in total. The van der Waals surface area contributed by atoms with Gasteiger partial charge in [0.25, 0.3) is 0 Å². The van der Waals surface area contributed by atoms with Crippen LogP contribution < -0.4 is 0 Å². The Labute approximate surface area is 99.2 Å². The molecule has 1 aliphatic rings. The van der Waals surface area contributed by atoms with Crippen molar-refractivity contribution < 1.29 is 14.7 Å². The zero-order valence-electron chi connectivity index (χ0n) is 9.24. The van der Waals surface area contributed by atoms with Gasteiger partial charge in [-0.05, 0) is 11.6 Å².